The number of hydrogen-bond donors (Lipinski definition) is 2. The molecule has 3 heterocycles. The fourth-order valence-electron chi connectivity index (χ4n) is 4.40. The highest BCUT2D eigenvalue weighted by Gasteiger charge is 2.33. The zero-order valence-corrected chi connectivity index (χ0v) is 17.9. The summed E-state index contributed by atoms with van der Waals surface area (Å²) in [6.45, 7) is 5.69. The molecule has 1 aromatic heterocycles. The van der Waals surface area contributed by atoms with Crippen LogP contribution in [0.5, 0.6) is 0 Å². The summed E-state index contributed by atoms with van der Waals surface area (Å²) in [5, 5.41) is 8.09. The van der Waals surface area contributed by atoms with Crippen LogP contribution in [0, 0.1) is 12.7 Å². The molecule has 1 amide bonds. The third kappa shape index (κ3) is 4.52. The fourth-order valence-corrected chi connectivity index (χ4v) is 5.32. The Kier molecular flexibility index (Phi) is 6.27. The minimum atomic E-state index is -0.278. The van der Waals surface area contributed by atoms with Crippen LogP contribution in [0.1, 0.15) is 54.5 Å². The first kappa shape index (κ1) is 20.4. The maximum atomic E-state index is 13.4. The van der Waals surface area contributed by atoms with Gasteiger partial charge in [-0.25, -0.2) is 9.37 Å². The van der Waals surface area contributed by atoms with Crippen molar-refractivity contribution in [3.8, 4) is 10.4 Å². The van der Waals surface area contributed by atoms with Crippen molar-refractivity contribution in [2.75, 3.05) is 13.1 Å². The van der Waals surface area contributed by atoms with Crippen LogP contribution in [0.2, 0.25) is 0 Å². The molecule has 2 aromatic rings. The van der Waals surface area contributed by atoms with E-state index in [1.807, 2.05) is 11.8 Å². The number of nitrogens with zero attached hydrogens (tertiary/aromatic N) is 2. The summed E-state index contributed by atoms with van der Waals surface area (Å²) < 4.78 is 13.3. The highest BCUT2D eigenvalue weighted by atomic mass is 32.1. The smallest absolute Gasteiger partial charge is 0.274 e. The lowest BCUT2D eigenvalue weighted by atomic mass is 10.1. The number of carbonyl (C=O) groups excluding carboxylic acids is 1. The van der Waals surface area contributed by atoms with Crippen LogP contribution in [-0.2, 0) is 0 Å². The number of benzene rings is 1. The molecule has 2 aliphatic heterocycles. The quantitative estimate of drug-likeness (QED) is 0.749. The molecule has 2 saturated heterocycles. The second-order valence-corrected chi connectivity index (χ2v) is 9.23. The third-order valence-electron chi connectivity index (χ3n) is 6.01. The summed E-state index contributed by atoms with van der Waals surface area (Å²) in [6.07, 6.45) is 5.87. The Morgan fingerprint density at radius 2 is 2.10 bits per heavy atom. The maximum absolute atomic E-state index is 13.4. The second kappa shape index (κ2) is 8.90. The number of rotatable bonds is 6. The molecule has 0 saturated carbocycles. The predicted molar refractivity (Wildman–Crippen MR) is 115 cm³/mol. The van der Waals surface area contributed by atoms with Crippen molar-refractivity contribution < 1.29 is 9.18 Å². The number of carbonyl (C=O) groups is 1. The highest BCUT2D eigenvalue weighted by Crippen LogP contribution is 2.32. The van der Waals surface area contributed by atoms with Crippen molar-refractivity contribution in [2.24, 2.45) is 0 Å². The molecule has 156 valence electrons. The van der Waals surface area contributed by atoms with Crippen molar-refractivity contribution in [3.63, 3.8) is 0 Å². The zero-order chi connectivity index (χ0) is 20.4. The van der Waals surface area contributed by atoms with Gasteiger partial charge in [-0.2, -0.15) is 0 Å². The normalized spacial score (nSPS) is 24.4. The summed E-state index contributed by atoms with van der Waals surface area (Å²) in [4.78, 5) is 20.7. The standard InChI is InChI=1S/C22H29FN4OS/c1-3-17-10-11-19(26-17)24-13-18-5-4-12-27(18)22(28)20-21(29-14(2)25-20)15-6-8-16(23)9-7-15/h6-9,17-19,24,26H,3-5,10-13H2,1-2H3/t17?,18-,19?/m0/s1. The number of hydrogen-bond acceptors (Lipinski definition) is 5. The number of aromatic nitrogens is 1. The lowest BCUT2D eigenvalue weighted by Gasteiger charge is -2.26. The number of likely N-dealkylation sites (tertiary alicyclic amines) is 1. The molecule has 7 heteroatoms. The van der Waals surface area contributed by atoms with Gasteiger partial charge in [-0.05, 0) is 56.7 Å². The summed E-state index contributed by atoms with van der Waals surface area (Å²) in [5.41, 5.74) is 1.34. The Labute approximate surface area is 175 Å². The van der Waals surface area contributed by atoms with Crippen molar-refractivity contribution in [1.29, 1.82) is 0 Å². The van der Waals surface area contributed by atoms with Gasteiger partial charge in [0.1, 0.15) is 11.5 Å². The highest BCUT2D eigenvalue weighted by molar-refractivity contribution is 7.15. The van der Waals surface area contributed by atoms with Crippen molar-refractivity contribution in [3.05, 3.63) is 40.8 Å². The third-order valence-corrected chi connectivity index (χ3v) is 7.03. The van der Waals surface area contributed by atoms with Gasteiger partial charge in [-0.15, -0.1) is 11.3 Å². The minimum Gasteiger partial charge on any atom is -0.333 e. The fraction of sp³-hybridized carbons (Fsp3) is 0.545. The molecule has 0 spiro atoms. The van der Waals surface area contributed by atoms with E-state index in [0.29, 0.717) is 17.9 Å². The SMILES string of the molecule is CCC1CCC(NC[C@@H]2CCCN2C(=O)c2nc(C)sc2-c2ccc(F)cc2)N1. The van der Waals surface area contributed by atoms with E-state index in [-0.39, 0.29) is 17.8 Å². The first-order chi connectivity index (χ1) is 14.0. The molecule has 3 atom stereocenters. The predicted octanol–water partition coefficient (Wildman–Crippen LogP) is 3.94. The number of thiazole rings is 1. The second-order valence-electron chi connectivity index (χ2n) is 8.02. The lowest BCUT2D eigenvalue weighted by Crippen LogP contribution is -2.48. The van der Waals surface area contributed by atoms with Gasteiger partial charge >= 0.3 is 0 Å². The van der Waals surface area contributed by atoms with E-state index >= 15 is 0 Å². The van der Waals surface area contributed by atoms with Gasteiger partial charge in [-0.3, -0.25) is 15.4 Å². The van der Waals surface area contributed by atoms with Crippen molar-refractivity contribution in [2.45, 2.75) is 64.2 Å². The van der Waals surface area contributed by atoms with Crippen LogP contribution in [-0.4, -0.2) is 47.1 Å². The Morgan fingerprint density at radius 1 is 1.31 bits per heavy atom. The Morgan fingerprint density at radius 3 is 2.83 bits per heavy atom. The number of amides is 1. The molecule has 2 aliphatic rings. The molecule has 2 fully saturated rings. The zero-order valence-electron chi connectivity index (χ0n) is 17.1. The molecule has 1 aromatic carbocycles. The molecule has 2 unspecified atom stereocenters. The van der Waals surface area contributed by atoms with Gasteiger partial charge in [0.05, 0.1) is 16.1 Å². The molecule has 5 nitrogen and oxygen atoms in total. The van der Waals surface area contributed by atoms with Crippen molar-refractivity contribution in [1.82, 2.24) is 20.5 Å². The topological polar surface area (TPSA) is 57.3 Å². The van der Waals surface area contributed by atoms with Crippen LogP contribution in [0.3, 0.4) is 0 Å². The van der Waals surface area contributed by atoms with Crippen LogP contribution >= 0.6 is 11.3 Å². The summed E-state index contributed by atoms with van der Waals surface area (Å²) in [6, 6.07) is 7.09. The average molecular weight is 417 g/mol. The summed E-state index contributed by atoms with van der Waals surface area (Å²) in [7, 11) is 0. The monoisotopic (exact) mass is 416 g/mol. The Hall–Kier alpha value is -1.83. The van der Waals surface area contributed by atoms with Gasteiger partial charge in [-0.1, -0.05) is 19.1 Å². The van der Waals surface area contributed by atoms with Crippen LogP contribution < -0.4 is 10.6 Å². The van der Waals surface area contributed by atoms with Gasteiger partial charge in [0.2, 0.25) is 0 Å². The molecule has 29 heavy (non-hydrogen) atoms. The van der Waals surface area contributed by atoms with E-state index in [9.17, 15) is 9.18 Å². The summed E-state index contributed by atoms with van der Waals surface area (Å²) >= 11 is 1.49. The molecular weight excluding hydrogens is 387 g/mol. The van der Waals surface area contributed by atoms with E-state index in [4.69, 9.17) is 0 Å². The van der Waals surface area contributed by atoms with E-state index in [1.165, 1.54) is 29.9 Å². The minimum absolute atomic E-state index is 0.0104. The van der Waals surface area contributed by atoms with E-state index in [1.54, 1.807) is 12.1 Å². The van der Waals surface area contributed by atoms with Crippen LogP contribution in [0.25, 0.3) is 10.4 Å². The van der Waals surface area contributed by atoms with E-state index in [0.717, 1.165) is 54.2 Å². The maximum Gasteiger partial charge on any atom is 0.274 e. The Balaban J connectivity index is 1.46. The lowest BCUT2D eigenvalue weighted by molar-refractivity contribution is 0.0728. The number of aryl methyl sites for hydroxylation is 1. The first-order valence-corrected chi connectivity index (χ1v) is 11.4. The van der Waals surface area contributed by atoms with Gasteiger partial charge in [0.15, 0.2) is 0 Å². The molecule has 0 bridgehead atoms. The molecular formula is C22H29FN4OS. The molecule has 2 N–H and O–H groups in total. The van der Waals surface area contributed by atoms with Gasteiger partial charge < -0.3 is 4.90 Å². The molecule has 0 aliphatic carbocycles. The van der Waals surface area contributed by atoms with Crippen molar-refractivity contribution >= 4 is 17.2 Å². The molecule has 0 radical (unpaired) electrons. The van der Waals surface area contributed by atoms with Gasteiger partial charge in [0.25, 0.3) is 5.91 Å². The van der Waals surface area contributed by atoms with Gasteiger partial charge in [0, 0.05) is 25.2 Å². The van der Waals surface area contributed by atoms with E-state index in [2.05, 4.69) is 22.5 Å². The average Bonchev–Trinajstić information content (AvgIpc) is 3.45. The van der Waals surface area contributed by atoms with E-state index < -0.39 is 0 Å². The van der Waals surface area contributed by atoms with Crippen LogP contribution in [0.4, 0.5) is 4.39 Å². The summed E-state index contributed by atoms with van der Waals surface area (Å²) in [5.74, 6) is -0.289. The Bertz CT molecular complexity index is 853. The first-order valence-electron chi connectivity index (χ1n) is 10.6. The largest absolute Gasteiger partial charge is 0.333 e. The number of halogens is 1. The van der Waals surface area contributed by atoms with Crippen LogP contribution in [0.15, 0.2) is 24.3 Å². The number of nitrogens with one attached hydrogen (secondary N) is 2. The molecule has 4 rings (SSSR count).